The molecule has 0 aromatic rings. The Labute approximate surface area is 79.9 Å². The zero-order chi connectivity index (χ0) is 8.60. The Hall–Kier alpha value is 0.0400. The first-order valence-electron chi connectivity index (χ1n) is 4.18. The summed E-state index contributed by atoms with van der Waals surface area (Å²) in [5.41, 5.74) is 0. The van der Waals surface area contributed by atoms with E-state index in [4.69, 9.17) is 0 Å². The topological polar surface area (TPSA) is 34.1 Å². The number of thioether (sulfide) groups is 2. The molecule has 1 saturated heterocycles. The molecule has 2 nitrogen and oxygen atoms in total. The van der Waals surface area contributed by atoms with Crippen molar-refractivity contribution in [2.45, 2.75) is 36.2 Å². The van der Waals surface area contributed by atoms with Gasteiger partial charge in [-0.15, -0.1) is 0 Å². The SMILES string of the molecule is O=C1SC2(CCCCC2)SC1=O. The smallest absolute Gasteiger partial charge is 0.267 e. The zero-order valence-corrected chi connectivity index (χ0v) is 8.30. The van der Waals surface area contributed by atoms with Crippen LogP contribution in [0.2, 0.25) is 0 Å². The van der Waals surface area contributed by atoms with E-state index in [1.54, 1.807) is 0 Å². The number of carbonyl (C=O) groups excluding carboxylic acids is 2. The van der Waals surface area contributed by atoms with Crippen LogP contribution in [0.25, 0.3) is 0 Å². The molecule has 1 aliphatic heterocycles. The molecule has 2 aliphatic rings. The Morgan fingerprint density at radius 1 is 0.917 bits per heavy atom. The summed E-state index contributed by atoms with van der Waals surface area (Å²) in [7, 11) is 0. The molecule has 1 saturated carbocycles. The van der Waals surface area contributed by atoms with E-state index in [0.717, 1.165) is 12.8 Å². The molecule has 12 heavy (non-hydrogen) atoms. The van der Waals surface area contributed by atoms with E-state index in [2.05, 4.69) is 0 Å². The van der Waals surface area contributed by atoms with Gasteiger partial charge in [0, 0.05) is 0 Å². The molecule has 0 amide bonds. The standard InChI is InChI=1S/C8H10O2S2/c9-6-7(10)12-8(11-6)4-2-1-3-5-8/h1-5H2. The summed E-state index contributed by atoms with van der Waals surface area (Å²) in [5, 5.41) is -0.469. The second kappa shape index (κ2) is 3.07. The molecule has 1 spiro atoms. The summed E-state index contributed by atoms with van der Waals surface area (Å²) in [4.78, 5) is 22.1. The van der Waals surface area contributed by atoms with Crippen LogP contribution in [0.1, 0.15) is 32.1 Å². The Balaban J connectivity index is 2.12. The van der Waals surface area contributed by atoms with E-state index in [-0.39, 0.29) is 14.3 Å². The lowest BCUT2D eigenvalue weighted by molar-refractivity contribution is -0.126. The number of rotatable bonds is 0. The van der Waals surface area contributed by atoms with Gasteiger partial charge in [0.05, 0.1) is 4.08 Å². The summed E-state index contributed by atoms with van der Waals surface area (Å²) in [6.07, 6.45) is 5.64. The molecular formula is C8H10O2S2. The largest absolute Gasteiger partial charge is 0.277 e. The van der Waals surface area contributed by atoms with Gasteiger partial charge < -0.3 is 0 Å². The third kappa shape index (κ3) is 1.42. The van der Waals surface area contributed by atoms with E-state index in [0.29, 0.717) is 0 Å². The molecule has 0 aromatic carbocycles. The highest BCUT2D eigenvalue weighted by molar-refractivity contribution is 8.40. The van der Waals surface area contributed by atoms with Crippen LogP contribution in [-0.2, 0) is 9.59 Å². The second-order valence-electron chi connectivity index (χ2n) is 3.25. The fourth-order valence-corrected chi connectivity index (χ4v) is 4.44. The maximum Gasteiger partial charge on any atom is 0.267 e. The number of carbonyl (C=O) groups is 2. The van der Waals surface area contributed by atoms with Crippen LogP contribution in [0.15, 0.2) is 0 Å². The molecule has 0 N–H and O–H groups in total. The highest BCUT2D eigenvalue weighted by Crippen LogP contribution is 2.53. The highest BCUT2D eigenvalue weighted by Gasteiger charge is 2.46. The number of hydrogen-bond acceptors (Lipinski definition) is 4. The van der Waals surface area contributed by atoms with Crippen molar-refractivity contribution in [1.29, 1.82) is 0 Å². The molecule has 0 atom stereocenters. The van der Waals surface area contributed by atoms with Gasteiger partial charge in [0.1, 0.15) is 0 Å². The van der Waals surface area contributed by atoms with E-state index < -0.39 is 0 Å². The lowest BCUT2D eigenvalue weighted by Crippen LogP contribution is -2.20. The van der Waals surface area contributed by atoms with E-state index in [9.17, 15) is 9.59 Å². The van der Waals surface area contributed by atoms with Crippen molar-refractivity contribution >= 4 is 33.8 Å². The molecule has 0 bridgehead atoms. The maximum absolute atomic E-state index is 11.0. The monoisotopic (exact) mass is 202 g/mol. The third-order valence-corrected chi connectivity index (χ3v) is 5.27. The van der Waals surface area contributed by atoms with Gasteiger partial charge in [0.15, 0.2) is 0 Å². The van der Waals surface area contributed by atoms with Gasteiger partial charge in [-0.1, -0.05) is 42.8 Å². The van der Waals surface area contributed by atoms with Crippen molar-refractivity contribution in [2.24, 2.45) is 0 Å². The molecule has 2 rings (SSSR count). The first-order chi connectivity index (χ1) is 5.72. The van der Waals surface area contributed by atoms with Gasteiger partial charge in [0.25, 0.3) is 10.2 Å². The molecule has 0 unspecified atom stereocenters. The molecule has 4 heteroatoms. The Kier molecular flexibility index (Phi) is 2.21. The van der Waals surface area contributed by atoms with Crippen LogP contribution in [-0.4, -0.2) is 14.3 Å². The summed E-state index contributed by atoms with van der Waals surface area (Å²) >= 11 is 2.54. The molecule has 0 aromatic heterocycles. The Morgan fingerprint density at radius 2 is 1.42 bits per heavy atom. The lowest BCUT2D eigenvalue weighted by Gasteiger charge is -2.28. The maximum atomic E-state index is 11.0. The minimum Gasteiger partial charge on any atom is -0.277 e. The zero-order valence-electron chi connectivity index (χ0n) is 6.67. The van der Waals surface area contributed by atoms with Crippen LogP contribution < -0.4 is 0 Å². The van der Waals surface area contributed by atoms with Gasteiger partial charge in [-0.2, -0.15) is 0 Å². The van der Waals surface area contributed by atoms with E-state index in [1.165, 1.54) is 42.8 Å². The summed E-state index contributed by atoms with van der Waals surface area (Å²) in [6.45, 7) is 0. The first-order valence-corrected chi connectivity index (χ1v) is 5.81. The van der Waals surface area contributed by atoms with Gasteiger partial charge in [0.2, 0.25) is 0 Å². The van der Waals surface area contributed by atoms with Crippen LogP contribution in [0.4, 0.5) is 0 Å². The van der Waals surface area contributed by atoms with E-state index in [1.807, 2.05) is 0 Å². The van der Waals surface area contributed by atoms with Crippen molar-refractivity contribution in [3.63, 3.8) is 0 Å². The number of hydrogen-bond donors (Lipinski definition) is 0. The second-order valence-corrected chi connectivity index (χ2v) is 6.22. The quantitative estimate of drug-likeness (QED) is 0.564. The molecule has 1 heterocycles. The van der Waals surface area contributed by atoms with Crippen molar-refractivity contribution in [3.8, 4) is 0 Å². The van der Waals surface area contributed by atoms with Gasteiger partial charge in [-0.3, -0.25) is 9.59 Å². The van der Waals surface area contributed by atoms with Crippen LogP contribution in [0.3, 0.4) is 0 Å². The van der Waals surface area contributed by atoms with Gasteiger partial charge in [-0.05, 0) is 12.8 Å². The normalized spacial score (nSPS) is 28.3. The summed E-state index contributed by atoms with van der Waals surface area (Å²) in [5.74, 6) is 0. The average Bonchev–Trinajstić information content (AvgIpc) is 2.29. The fraction of sp³-hybridized carbons (Fsp3) is 0.750. The minimum atomic E-state index is -0.234. The Bertz CT molecular complexity index is 213. The Morgan fingerprint density at radius 3 is 1.92 bits per heavy atom. The summed E-state index contributed by atoms with van der Waals surface area (Å²) in [6, 6.07) is 0. The van der Waals surface area contributed by atoms with Crippen LogP contribution in [0, 0.1) is 0 Å². The lowest BCUT2D eigenvalue weighted by atomic mass is 10.00. The average molecular weight is 202 g/mol. The predicted molar refractivity (Wildman–Crippen MR) is 51.0 cm³/mol. The van der Waals surface area contributed by atoms with Gasteiger partial charge >= 0.3 is 0 Å². The van der Waals surface area contributed by atoms with Crippen LogP contribution in [0.5, 0.6) is 0 Å². The van der Waals surface area contributed by atoms with Crippen molar-refractivity contribution < 1.29 is 9.59 Å². The van der Waals surface area contributed by atoms with Crippen LogP contribution >= 0.6 is 23.5 Å². The molecule has 66 valence electrons. The molecule has 2 fully saturated rings. The molecule has 1 aliphatic carbocycles. The highest BCUT2D eigenvalue weighted by atomic mass is 32.2. The van der Waals surface area contributed by atoms with E-state index >= 15 is 0 Å². The predicted octanol–water partition coefficient (Wildman–Crippen LogP) is 2.18. The first kappa shape index (κ1) is 8.63. The summed E-state index contributed by atoms with van der Waals surface area (Å²) < 4.78 is -0.0492. The fourth-order valence-electron chi connectivity index (χ4n) is 1.74. The minimum absolute atomic E-state index is 0.0492. The third-order valence-electron chi connectivity index (χ3n) is 2.34. The van der Waals surface area contributed by atoms with Crippen molar-refractivity contribution in [1.82, 2.24) is 0 Å². The van der Waals surface area contributed by atoms with Crippen molar-refractivity contribution in [3.05, 3.63) is 0 Å². The van der Waals surface area contributed by atoms with Crippen molar-refractivity contribution in [2.75, 3.05) is 0 Å². The van der Waals surface area contributed by atoms with Gasteiger partial charge in [-0.25, -0.2) is 0 Å². The molecule has 0 radical (unpaired) electrons. The molecular weight excluding hydrogens is 192 g/mol.